The largest absolute Gasteiger partial charge is 0.480 e. The lowest BCUT2D eigenvalue weighted by molar-refractivity contribution is -0.142. The van der Waals surface area contributed by atoms with Crippen molar-refractivity contribution < 1.29 is 9.90 Å². The number of benzene rings is 1. The molecule has 0 bridgehead atoms. The molecule has 0 aliphatic heterocycles. The van der Waals surface area contributed by atoms with E-state index in [4.69, 9.17) is 16.9 Å². The third-order valence-electron chi connectivity index (χ3n) is 3.37. The SMILES string of the molecule is N#Cc1c(Cl)cccc1NC1(C(=O)O)CCCC1. The van der Waals surface area contributed by atoms with Gasteiger partial charge >= 0.3 is 5.97 Å². The van der Waals surface area contributed by atoms with Gasteiger partial charge in [-0.25, -0.2) is 4.79 Å². The molecule has 18 heavy (non-hydrogen) atoms. The second kappa shape index (κ2) is 4.87. The van der Waals surface area contributed by atoms with E-state index in [-0.39, 0.29) is 0 Å². The van der Waals surface area contributed by atoms with E-state index in [9.17, 15) is 9.90 Å². The molecule has 94 valence electrons. The van der Waals surface area contributed by atoms with Crippen molar-refractivity contribution in [3.05, 3.63) is 28.8 Å². The smallest absolute Gasteiger partial charge is 0.329 e. The van der Waals surface area contributed by atoms with Gasteiger partial charge in [0.1, 0.15) is 11.6 Å². The highest BCUT2D eigenvalue weighted by molar-refractivity contribution is 6.32. The molecular weight excluding hydrogens is 252 g/mol. The number of carbonyl (C=O) groups is 1. The fourth-order valence-corrected chi connectivity index (χ4v) is 2.59. The number of hydrogen-bond donors (Lipinski definition) is 2. The Bertz CT molecular complexity index is 516. The molecule has 0 saturated heterocycles. The Balaban J connectivity index is 2.37. The summed E-state index contributed by atoms with van der Waals surface area (Å²) in [6, 6.07) is 7.02. The molecule has 2 rings (SSSR count). The summed E-state index contributed by atoms with van der Waals surface area (Å²) in [6.45, 7) is 0. The highest BCUT2D eigenvalue weighted by atomic mass is 35.5. The standard InChI is InChI=1S/C13H13ClN2O2/c14-10-4-3-5-11(9(10)8-15)16-13(12(17)18)6-1-2-7-13/h3-5,16H,1-2,6-7H2,(H,17,18). The monoisotopic (exact) mass is 264 g/mol. The molecule has 2 N–H and O–H groups in total. The maximum Gasteiger partial charge on any atom is 0.329 e. The molecule has 0 atom stereocenters. The Labute approximate surface area is 110 Å². The molecule has 1 aliphatic carbocycles. The van der Waals surface area contributed by atoms with Crippen LogP contribution >= 0.6 is 11.6 Å². The normalized spacial score (nSPS) is 17.1. The lowest BCUT2D eigenvalue weighted by Crippen LogP contribution is -2.43. The number of rotatable bonds is 3. The first-order chi connectivity index (χ1) is 8.59. The summed E-state index contributed by atoms with van der Waals surface area (Å²) in [5.74, 6) is -0.871. The Morgan fingerprint density at radius 3 is 2.67 bits per heavy atom. The second-order valence-corrected chi connectivity index (χ2v) is 4.90. The van der Waals surface area contributed by atoms with Gasteiger partial charge < -0.3 is 10.4 Å². The minimum absolute atomic E-state index is 0.298. The molecule has 1 aromatic carbocycles. The Morgan fingerprint density at radius 2 is 2.11 bits per heavy atom. The molecule has 4 nitrogen and oxygen atoms in total. The number of nitrogens with one attached hydrogen (secondary N) is 1. The molecule has 1 aliphatic rings. The molecule has 0 radical (unpaired) electrons. The maximum absolute atomic E-state index is 11.4. The van der Waals surface area contributed by atoms with Gasteiger partial charge in [0.2, 0.25) is 0 Å². The van der Waals surface area contributed by atoms with Crippen LogP contribution in [0.5, 0.6) is 0 Å². The van der Waals surface area contributed by atoms with Gasteiger partial charge in [-0.05, 0) is 25.0 Å². The molecule has 5 heteroatoms. The minimum atomic E-state index is -0.962. The zero-order chi connectivity index (χ0) is 13.2. The number of carboxylic acids is 1. The van der Waals surface area contributed by atoms with Crippen LogP contribution in [0.3, 0.4) is 0 Å². The van der Waals surface area contributed by atoms with E-state index in [2.05, 4.69) is 5.32 Å². The number of carboxylic acid groups (broad SMARTS) is 1. The summed E-state index contributed by atoms with van der Waals surface area (Å²) in [7, 11) is 0. The summed E-state index contributed by atoms with van der Waals surface area (Å²) in [6.07, 6.45) is 2.89. The molecule has 1 saturated carbocycles. The molecule has 0 unspecified atom stereocenters. The van der Waals surface area contributed by atoms with Crippen LogP contribution < -0.4 is 5.32 Å². The van der Waals surface area contributed by atoms with E-state index in [0.717, 1.165) is 12.8 Å². The molecule has 0 spiro atoms. The van der Waals surface area contributed by atoms with Crippen LogP contribution in [0.1, 0.15) is 31.2 Å². The van der Waals surface area contributed by atoms with Crippen molar-refractivity contribution in [2.75, 3.05) is 5.32 Å². The minimum Gasteiger partial charge on any atom is -0.480 e. The summed E-state index contributed by atoms with van der Waals surface area (Å²) < 4.78 is 0. The molecule has 0 aromatic heterocycles. The van der Waals surface area contributed by atoms with E-state index in [0.29, 0.717) is 29.1 Å². The summed E-state index contributed by atoms with van der Waals surface area (Å²) in [5.41, 5.74) is -0.169. The molecule has 0 heterocycles. The fourth-order valence-electron chi connectivity index (χ4n) is 2.37. The predicted octanol–water partition coefficient (Wildman–Crippen LogP) is 3.02. The van der Waals surface area contributed by atoms with Crippen molar-refractivity contribution in [2.24, 2.45) is 0 Å². The highest BCUT2D eigenvalue weighted by Gasteiger charge is 2.41. The van der Waals surface area contributed by atoms with E-state index in [1.807, 2.05) is 6.07 Å². The van der Waals surface area contributed by atoms with Crippen LogP contribution in [0.2, 0.25) is 5.02 Å². The predicted molar refractivity (Wildman–Crippen MR) is 68.6 cm³/mol. The Hall–Kier alpha value is -1.73. The zero-order valence-corrected chi connectivity index (χ0v) is 10.5. The van der Waals surface area contributed by atoms with Gasteiger partial charge in [-0.3, -0.25) is 0 Å². The van der Waals surface area contributed by atoms with Crippen molar-refractivity contribution in [1.82, 2.24) is 0 Å². The van der Waals surface area contributed by atoms with Gasteiger partial charge in [-0.15, -0.1) is 0 Å². The second-order valence-electron chi connectivity index (χ2n) is 4.49. The van der Waals surface area contributed by atoms with Gasteiger partial charge in [0.05, 0.1) is 16.3 Å². The van der Waals surface area contributed by atoms with E-state index >= 15 is 0 Å². The van der Waals surface area contributed by atoms with E-state index in [1.54, 1.807) is 18.2 Å². The lowest BCUT2D eigenvalue weighted by Gasteiger charge is -2.27. The van der Waals surface area contributed by atoms with Crippen molar-refractivity contribution in [3.63, 3.8) is 0 Å². The van der Waals surface area contributed by atoms with Gasteiger partial charge in [-0.2, -0.15) is 5.26 Å². The molecule has 1 aromatic rings. The van der Waals surface area contributed by atoms with Gasteiger partial charge in [0.15, 0.2) is 0 Å². The average Bonchev–Trinajstić information content (AvgIpc) is 2.79. The molecular formula is C13H13ClN2O2. The molecule has 0 amide bonds. The van der Waals surface area contributed by atoms with Crippen molar-refractivity contribution in [1.29, 1.82) is 5.26 Å². The van der Waals surface area contributed by atoms with Crippen LogP contribution in [0.15, 0.2) is 18.2 Å². The Morgan fingerprint density at radius 1 is 1.44 bits per heavy atom. The fraction of sp³-hybridized carbons (Fsp3) is 0.385. The highest BCUT2D eigenvalue weighted by Crippen LogP contribution is 2.35. The maximum atomic E-state index is 11.4. The van der Waals surface area contributed by atoms with Crippen molar-refractivity contribution in [3.8, 4) is 6.07 Å². The van der Waals surface area contributed by atoms with Crippen LogP contribution in [0.4, 0.5) is 5.69 Å². The molecule has 1 fully saturated rings. The number of halogens is 1. The summed E-state index contributed by atoms with van der Waals surface area (Å²) in [5, 5.41) is 21.8. The van der Waals surface area contributed by atoms with Crippen LogP contribution in [-0.4, -0.2) is 16.6 Å². The van der Waals surface area contributed by atoms with E-state index in [1.165, 1.54) is 0 Å². The third kappa shape index (κ3) is 2.14. The quantitative estimate of drug-likeness (QED) is 0.880. The number of nitrogens with zero attached hydrogens (tertiary/aromatic N) is 1. The average molecular weight is 265 g/mol. The summed E-state index contributed by atoms with van der Waals surface area (Å²) in [4.78, 5) is 11.4. The van der Waals surface area contributed by atoms with Gasteiger partial charge in [0, 0.05) is 0 Å². The van der Waals surface area contributed by atoms with Crippen molar-refractivity contribution >= 4 is 23.3 Å². The summed E-state index contributed by atoms with van der Waals surface area (Å²) >= 11 is 5.93. The van der Waals surface area contributed by atoms with Gasteiger partial charge in [-0.1, -0.05) is 30.5 Å². The Kier molecular flexibility index (Phi) is 3.44. The topological polar surface area (TPSA) is 73.1 Å². The number of hydrogen-bond acceptors (Lipinski definition) is 3. The third-order valence-corrected chi connectivity index (χ3v) is 3.68. The van der Waals surface area contributed by atoms with Gasteiger partial charge in [0.25, 0.3) is 0 Å². The lowest BCUT2D eigenvalue weighted by atomic mass is 9.96. The van der Waals surface area contributed by atoms with Crippen LogP contribution in [0, 0.1) is 11.3 Å². The zero-order valence-electron chi connectivity index (χ0n) is 9.74. The first kappa shape index (κ1) is 12.7. The first-order valence-corrected chi connectivity index (χ1v) is 6.17. The van der Waals surface area contributed by atoms with Crippen molar-refractivity contribution in [2.45, 2.75) is 31.2 Å². The van der Waals surface area contributed by atoms with E-state index < -0.39 is 11.5 Å². The van der Waals surface area contributed by atoms with Crippen LogP contribution in [0.25, 0.3) is 0 Å². The first-order valence-electron chi connectivity index (χ1n) is 5.79. The number of anilines is 1. The number of nitriles is 1. The number of aliphatic carboxylic acids is 1. The van der Waals surface area contributed by atoms with Crippen LogP contribution in [-0.2, 0) is 4.79 Å².